The maximum Gasteiger partial charge on any atom is 0.136 e. The zero-order chi connectivity index (χ0) is 8.55. The molecule has 12 heavy (non-hydrogen) atoms. The molecule has 1 unspecified atom stereocenters. The fourth-order valence-corrected chi connectivity index (χ4v) is 2.54. The summed E-state index contributed by atoms with van der Waals surface area (Å²) < 4.78 is 0. The standard InChI is InChI=1S/C10H14O2/c11-9-5-1-3-7-8(9)4-2-6-10(7)12/h7-8H,1-6H2/t7-,8?/m0/s1. The minimum atomic E-state index is 0.111. The molecule has 2 rings (SSSR count). The van der Waals surface area contributed by atoms with Gasteiger partial charge in [0.1, 0.15) is 11.6 Å². The van der Waals surface area contributed by atoms with Crippen LogP contribution in [0.3, 0.4) is 0 Å². The molecule has 0 aromatic carbocycles. The SMILES string of the molecule is O=C1CCC[C@@H]2C(=O)CCCC12. The minimum absolute atomic E-state index is 0.111. The van der Waals surface area contributed by atoms with E-state index in [-0.39, 0.29) is 11.8 Å². The normalized spacial score (nSPS) is 36.3. The Hall–Kier alpha value is -0.660. The van der Waals surface area contributed by atoms with Crippen LogP contribution in [0.1, 0.15) is 38.5 Å². The van der Waals surface area contributed by atoms with Gasteiger partial charge in [0.15, 0.2) is 0 Å². The van der Waals surface area contributed by atoms with E-state index in [4.69, 9.17) is 0 Å². The van der Waals surface area contributed by atoms with Crippen molar-refractivity contribution in [2.24, 2.45) is 11.8 Å². The van der Waals surface area contributed by atoms with Gasteiger partial charge in [-0.3, -0.25) is 9.59 Å². The third-order valence-corrected chi connectivity index (χ3v) is 3.19. The van der Waals surface area contributed by atoms with Crippen molar-refractivity contribution in [1.29, 1.82) is 0 Å². The summed E-state index contributed by atoms with van der Waals surface area (Å²) in [5.74, 6) is 0.915. The predicted molar refractivity (Wildman–Crippen MR) is 44.7 cm³/mol. The van der Waals surface area contributed by atoms with Crippen LogP contribution in [-0.4, -0.2) is 11.6 Å². The Morgan fingerprint density at radius 1 is 0.833 bits per heavy atom. The number of hydrogen-bond acceptors (Lipinski definition) is 2. The quantitative estimate of drug-likeness (QED) is 0.549. The summed E-state index contributed by atoms with van der Waals surface area (Å²) in [7, 11) is 0. The van der Waals surface area contributed by atoms with Gasteiger partial charge < -0.3 is 0 Å². The van der Waals surface area contributed by atoms with Crippen molar-refractivity contribution < 1.29 is 9.59 Å². The van der Waals surface area contributed by atoms with Gasteiger partial charge in [0, 0.05) is 24.7 Å². The number of hydrogen-bond donors (Lipinski definition) is 0. The predicted octanol–water partition coefficient (Wildman–Crippen LogP) is 1.72. The first kappa shape index (κ1) is 7.96. The molecule has 0 radical (unpaired) electrons. The molecule has 0 saturated heterocycles. The van der Waals surface area contributed by atoms with Crippen molar-refractivity contribution in [2.45, 2.75) is 38.5 Å². The minimum Gasteiger partial charge on any atom is -0.299 e. The molecule has 2 heteroatoms. The molecule has 2 saturated carbocycles. The summed E-state index contributed by atoms with van der Waals surface area (Å²) in [5, 5.41) is 0. The highest BCUT2D eigenvalue weighted by Gasteiger charge is 2.38. The van der Waals surface area contributed by atoms with Crippen molar-refractivity contribution in [1.82, 2.24) is 0 Å². The van der Waals surface area contributed by atoms with Crippen LogP contribution in [0.5, 0.6) is 0 Å². The van der Waals surface area contributed by atoms with Crippen LogP contribution in [-0.2, 0) is 9.59 Å². The lowest BCUT2D eigenvalue weighted by atomic mass is 9.69. The first-order chi connectivity index (χ1) is 5.79. The maximum atomic E-state index is 11.4. The first-order valence-corrected chi connectivity index (χ1v) is 4.84. The second-order valence-electron chi connectivity index (χ2n) is 3.93. The lowest BCUT2D eigenvalue weighted by Crippen LogP contribution is -2.36. The van der Waals surface area contributed by atoms with Gasteiger partial charge in [0.25, 0.3) is 0 Å². The van der Waals surface area contributed by atoms with Gasteiger partial charge in [-0.25, -0.2) is 0 Å². The molecule has 0 aromatic rings. The van der Waals surface area contributed by atoms with E-state index in [2.05, 4.69) is 0 Å². The molecule has 0 aromatic heterocycles. The van der Waals surface area contributed by atoms with Crippen LogP contribution in [0.25, 0.3) is 0 Å². The fraction of sp³-hybridized carbons (Fsp3) is 0.800. The molecule has 2 aliphatic rings. The van der Waals surface area contributed by atoms with Gasteiger partial charge in [-0.2, -0.15) is 0 Å². The van der Waals surface area contributed by atoms with Crippen LogP contribution in [0.15, 0.2) is 0 Å². The number of Topliss-reactive ketones (excluding diaryl/α,β-unsaturated/α-hetero) is 2. The molecule has 2 nitrogen and oxygen atoms in total. The van der Waals surface area contributed by atoms with E-state index >= 15 is 0 Å². The molecule has 0 bridgehead atoms. The zero-order valence-corrected chi connectivity index (χ0v) is 7.21. The molecule has 0 heterocycles. The second kappa shape index (κ2) is 3.00. The molecular formula is C10H14O2. The summed E-state index contributed by atoms with van der Waals surface area (Å²) in [6.45, 7) is 0. The number of fused-ring (bicyclic) bond motifs is 1. The number of rotatable bonds is 0. The lowest BCUT2D eigenvalue weighted by molar-refractivity contribution is -0.137. The van der Waals surface area contributed by atoms with Crippen LogP contribution in [0.2, 0.25) is 0 Å². The summed E-state index contributed by atoms with van der Waals surface area (Å²) in [6, 6.07) is 0. The Balaban J connectivity index is 2.16. The monoisotopic (exact) mass is 166 g/mol. The molecule has 0 spiro atoms. The zero-order valence-electron chi connectivity index (χ0n) is 7.21. The van der Waals surface area contributed by atoms with E-state index in [1.807, 2.05) is 0 Å². The Morgan fingerprint density at radius 2 is 1.25 bits per heavy atom. The van der Waals surface area contributed by atoms with Gasteiger partial charge >= 0.3 is 0 Å². The van der Waals surface area contributed by atoms with Crippen molar-refractivity contribution in [3.8, 4) is 0 Å². The maximum absolute atomic E-state index is 11.4. The molecule has 2 atom stereocenters. The highest BCUT2D eigenvalue weighted by Crippen LogP contribution is 2.36. The average molecular weight is 166 g/mol. The highest BCUT2D eigenvalue weighted by molar-refractivity contribution is 5.91. The Kier molecular flexibility index (Phi) is 1.99. The largest absolute Gasteiger partial charge is 0.299 e. The van der Waals surface area contributed by atoms with E-state index in [9.17, 15) is 9.59 Å². The van der Waals surface area contributed by atoms with Crippen LogP contribution >= 0.6 is 0 Å². The first-order valence-electron chi connectivity index (χ1n) is 4.84. The van der Waals surface area contributed by atoms with E-state index in [1.165, 1.54) is 0 Å². The van der Waals surface area contributed by atoms with Crippen molar-refractivity contribution in [2.75, 3.05) is 0 Å². The lowest BCUT2D eigenvalue weighted by Gasteiger charge is -2.32. The van der Waals surface area contributed by atoms with Crippen molar-refractivity contribution >= 4 is 11.6 Å². The van der Waals surface area contributed by atoms with E-state index < -0.39 is 0 Å². The van der Waals surface area contributed by atoms with E-state index in [1.54, 1.807) is 0 Å². The van der Waals surface area contributed by atoms with Gasteiger partial charge in [-0.15, -0.1) is 0 Å². The summed E-state index contributed by atoms with van der Waals surface area (Å²) in [4.78, 5) is 22.8. The third-order valence-electron chi connectivity index (χ3n) is 3.19. The summed E-state index contributed by atoms with van der Waals surface area (Å²) in [6.07, 6.45) is 5.24. The average Bonchev–Trinajstić information content (AvgIpc) is 2.07. The summed E-state index contributed by atoms with van der Waals surface area (Å²) >= 11 is 0. The van der Waals surface area contributed by atoms with Crippen LogP contribution in [0, 0.1) is 11.8 Å². The number of carbonyl (C=O) groups is 2. The van der Waals surface area contributed by atoms with Crippen molar-refractivity contribution in [3.05, 3.63) is 0 Å². The van der Waals surface area contributed by atoms with Gasteiger partial charge in [0.2, 0.25) is 0 Å². The van der Waals surface area contributed by atoms with Crippen molar-refractivity contribution in [3.63, 3.8) is 0 Å². The highest BCUT2D eigenvalue weighted by atomic mass is 16.1. The molecule has 66 valence electrons. The Labute approximate surface area is 72.3 Å². The number of carbonyl (C=O) groups excluding carboxylic acids is 2. The molecule has 0 aliphatic heterocycles. The second-order valence-corrected chi connectivity index (χ2v) is 3.93. The molecule has 2 fully saturated rings. The molecular weight excluding hydrogens is 152 g/mol. The van der Waals surface area contributed by atoms with Crippen LogP contribution < -0.4 is 0 Å². The van der Waals surface area contributed by atoms with E-state index in [0.29, 0.717) is 24.4 Å². The smallest absolute Gasteiger partial charge is 0.136 e. The molecule has 0 amide bonds. The van der Waals surface area contributed by atoms with Gasteiger partial charge in [-0.1, -0.05) is 0 Å². The molecule has 2 aliphatic carbocycles. The Morgan fingerprint density at radius 3 is 1.67 bits per heavy atom. The Bertz CT molecular complexity index is 196. The third kappa shape index (κ3) is 1.19. The fourth-order valence-electron chi connectivity index (χ4n) is 2.54. The van der Waals surface area contributed by atoms with Crippen LogP contribution in [0.4, 0.5) is 0 Å². The molecule has 0 N–H and O–H groups in total. The van der Waals surface area contributed by atoms with Gasteiger partial charge in [0.05, 0.1) is 0 Å². The van der Waals surface area contributed by atoms with Gasteiger partial charge in [-0.05, 0) is 25.7 Å². The summed E-state index contributed by atoms with van der Waals surface area (Å²) in [5.41, 5.74) is 0. The topological polar surface area (TPSA) is 34.1 Å². The number of ketones is 2. The van der Waals surface area contributed by atoms with E-state index in [0.717, 1.165) is 25.7 Å².